The van der Waals surface area contributed by atoms with Crippen LogP contribution in [0.3, 0.4) is 0 Å². The summed E-state index contributed by atoms with van der Waals surface area (Å²) in [5.74, 6) is 0.622. The maximum atomic E-state index is 6.29. The molecule has 0 aromatic heterocycles. The van der Waals surface area contributed by atoms with E-state index in [4.69, 9.17) is 5.73 Å². The van der Waals surface area contributed by atoms with Crippen molar-refractivity contribution in [2.24, 2.45) is 11.7 Å². The first kappa shape index (κ1) is 11.0. The van der Waals surface area contributed by atoms with Gasteiger partial charge in [-0.25, -0.2) is 0 Å². The first-order valence-electron chi connectivity index (χ1n) is 5.72. The van der Waals surface area contributed by atoms with Gasteiger partial charge in [0.25, 0.3) is 0 Å². The SMILES string of the molecule is CCC(C)C(N)C1Cc2ccccc2S1. The van der Waals surface area contributed by atoms with Gasteiger partial charge in [-0.2, -0.15) is 0 Å². The third-order valence-corrected chi connectivity index (χ3v) is 4.84. The molecule has 1 aliphatic heterocycles. The second-order valence-corrected chi connectivity index (χ2v) is 5.71. The smallest absolute Gasteiger partial charge is 0.0289 e. The fraction of sp³-hybridized carbons (Fsp3) is 0.538. The molecule has 1 heterocycles. The van der Waals surface area contributed by atoms with Crippen molar-refractivity contribution >= 4 is 11.8 Å². The van der Waals surface area contributed by atoms with E-state index in [1.54, 1.807) is 0 Å². The quantitative estimate of drug-likeness (QED) is 0.849. The average molecular weight is 221 g/mol. The normalized spacial score (nSPS) is 23.5. The molecule has 1 aromatic carbocycles. The van der Waals surface area contributed by atoms with Crippen molar-refractivity contribution in [1.82, 2.24) is 0 Å². The van der Waals surface area contributed by atoms with Crippen LogP contribution in [0.1, 0.15) is 25.8 Å². The van der Waals surface area contributed by atoms with Crippen molar-refractivity contribution < 1.29 is 0 Å². The van der Waals surface area contributed by atoms with E-state index in [1.807, 2.05) is 11.8 Å². The largest absolute Gasteiger partial charge is 0.326 e. The molecular weight excluding hydrogens is 202 g/mol. The summed E-state index contributed by atoms with van der Waals surface area (Å²) in [5.41, 5.74) is 7.77. The summed E-state index contributed by atoms with van der Waals surface area (Å²) < 4.78 is 0. The van der Waals surface area contributed by atoms with Crippen LogP contribution in [0.4, 0.5) is 0 Å². The van der Waals surface area contributed by atoms with Crippen LogP contribution in [0.2, 0.25) is 0 Å². The highest BCUT2D eigenvalue weighted by Gasteiger charge is 2.29. The Morgan fingerprint density at radius 1 is 1.47 bits per heavy atom. The molecule has 2 N–H and O–H groups in total. The number of benzene rings is 1. The number of rotatable bonds is 3. The van der Waals surface area contributed by atoms with Crippen LogP contribution in [0.25, 0.3) is 0 Å². The number of hydrogen-bond acceptors (Lipinski definition) is 2. The summed E-state index contributed by atoms with van der Waals surface area (Å²) in [6.45, 7) is 4.48. The minimum atomic E-state index is 0.326. The van der Waals surface area contributed by atoms with Crippen molar-refractivity contribution in [1.29, 1.82) is 0 Å². The highest BCUT2D eigenvalue weighted by Crippen LogP contribution is 2.39. The third-order valence-electron chi connectivity index (χ3n) is 3.40. The molecule has 0 spiro atoms. The van der Waals surface area contributed by atoms with Gasteiger partial charge in [0.1, 0.15) is 0 Å². The Hall–Kier alpha value is -0.470. The van der Waals surface area contributed by atoms with Crippen molar-refractivity contribution in [3.8, 4) is 0 Å². The Bertz CT molecular complexity index is 312. The molecular formula is C13H19NS. The van der Waals surface area contributed by atoms with Crippen LogP contribution >= 0.6 is 11.8 Å². The van der Waals surface area contributed by atoms with E-state index in [9.17, 15) is 0 Å². The summed E-state index contributed by atoms with van der Waals surface area (Å²) in [7, 11) is 0. The molecule has 2 rings (SSSR count). The van der Waals surface area contributed by atoms with Crippen LogP contribution in [-0.4, -0.2) is 11.3 Å². The van der Waals surface area contributed by atoms with Gasteiger partial charge in [-0.15, -0.1) is 11.8 Å². The summed E-state index contributed by atoms with van der Waals surface area (Å²) in [4.78, 5) is 1.43. The predicted molar refractivity (Wildman–Crippen MR) is 67.2 cm³/mol. The van der Waals surface area contributed by atoms with Crippen molar-refractivity contribution in [3.05, 3.63) is 29.8 Å². The summed E-state index contributed by atoms with van der Waals surface area (Å²) in [6.07, 6.45) is 2.32. The van der Waals surface area contributed by atoms with E-state index >= 15 is 0 Å². The summed E-state index contributed by atoms with van der Waals surface area (Å²) >= 11 is 1.96. The zero-order chi connectivity index (χ0) is 10.8. The highest BCUT2D eigenvalue weighted by molar-refractivity contribution is 8.00. The standard InChI is InChI=1S/C13H19NS/c1-3-9(2)13(14)12-8-10-6-4-5-7-11(10)15-12/h4-7,9,12-13H,3,8,14H2,1-2H3. The van der Waals surface area contributed by atoms with Crippen molar-refractivity contribution in [2.45, 2.75) is 42.9 Å². The molecule has 0 fully saturated rings. The molecule has 0 bridgehead atoms. The monoisotopic (exact) mass is 221 g/mol. The Labute approximate surface area is 96.4 Å². The lowest BCUT2D eigenvalue weighted by Gasteiger charge is -2.23. The van der Waals surface area contributed by atoms with Gasteiger partial charge in [0.05, 0.1) is 0 Å². The van der Waals surface area contributed by atoms with E-state index in [-0.39, 0.29) is 0 Å². The fourth-order valence-electron chi connectivity index (χ4n) is 2.06. The molecule has 1 aromatic rings. The molecule has 0 amide bonds. The first-order chi connectivity index (χ1) is 7.22. The van der Waals surface area contributed by atoms with Gasteiger partial charge in [-0.1, -0.05) is 38.5 Å². The molecule has 0 aliphatic carbocycles. The Morgan fingerprint density at radius 3 is 2.87 bits per heavy atom. The van der Waals surface area contributed by atoms with E-state index in [1.165, 1.54) is 16.9 Å². The van der Waals surface area contributed by atoms with Gasteiger partial charge in [-0.05, 0) is 24.0 Å². The Morgan fingerprint density at radius 2 is 2.20 bits per heavy atom. The Kier molecular flexibility index (Phi) is 3.37. The molecule has 0 saturated heterocycles. The van der Waals surface area contributed by atoms with Gasteiger partial charge in [0.15, 0.2) is 0 Å². The summed E-state index contributed by atoms with van der Waals surface area (Å²) in [6, 6.07) is 9.00. The molecule has 3 atom stereocenters. The van der Waals surface area contributed by atoms with Gasteiger partial charge < -0.3 is 5.73 Å². The fourth-order valence-corrected chi connectivity index (χ4v) is 3.54. The number of fused-ring (bicyclic) bond motifs is 1. The summed E-state index contributed by atoms with van der Waals surface area (Å²) in [5, 5.41) is 0.581. The molecule has 15 heavy (non-hydrogen) atoms. The van der Waals surface area contributed by atoms with E-state index in [2.05, 4.69) is 38.1 Å². The van der Waals surface area contributed by atoms with Crippen LogP contribution < -0.4 is 5.73 Å². The zero-order valence-electron chi connectivity index (χ0n) is 9.44. The third kappa shape index (κ3) is 2.21. The second-order valence-electron chi connectivity index (χ2n) is 4.43. The molecule has 1 nitrogen and oxygen atoms in total. The average Bonchev–Trinajstić information content (AvgIpc) is 2.70. The van der Waals surface area contributed by atoms with E-state index < -0.39 is 0 Å². The predicted octanol–water partition coefficient (Wildman–Crippen LogP) is 3.08. The molecule has 3 unspecified atom stereocenters. The molecule has 0 radical (unpaired) electrons. The topological polar surface area (TPSA) is 26.0 Å². The maximum Gasteiger partial charge on any atom is 0.0289 e. The highest BCUT2D eigenvalue weighted by atomic mass is 32.2. The van der Waals surface area contributed by atoms with Crippen molar-refractivity contribution in [2.75, 3.05) is 0 Å². The van der Waals surface area contributed by atoms with E-state index in [0.717, 1.165) is 6.42 Å². The van der Waals surface area contributed by atoms with E-state index in [0.29, 0.717) is 17.2 Å². The second kappa shape index (κ2) is 4.58. The number of hydrogen-bond donors (Lipinski definition) is 1. The van der Waals surface area contributed by atoms with Crippen LogP contribution in [0.5, 0.6) is 0 Å². The van der Waals surface area contributed by atoms with Crippen molar-refractivity contribution in [3.63, 3.8) is 0 Å². The van der Waals surface area contributed by atoms with Gasteiger partial charge in [0.2, 0.25) is 0 Å². The first-order valence-corrected chi connectivity index (χ1v) is 6.60. The van der Waals surface area contributed by atoms with Gasteiger partial charge in [0, 0.05) is 16.2 Å². The molecule has 82 valence electrons. The van der Waals surface area contributed by atoms with Crippen LogP contribution in [-0.2, 0) is 6.42 Å². The molecule has 1 aliphatic rings. The van der Waals surface area contributed by atoms with Gasteiger partial charge >= 0.3 is 0 Å². The minimum absolute atomic E-state index is 0.326. The lowest BCUT2D eigenvalue weighted by molar-refractivity contribution is 0.431. The Balaban J connectivity index is 2.07. The number of nitrogens with two attached hydrogens (primary N) is 1. The van der Waals surface area contributed by atoms with Gasteiger partial charge in [-0.3, -0.25) is 0 Å². The maximum absolute atomic E-state index is 6.29. The molecule has 0 saturated carbocycles. The lowest BCUT2D eigenvalue weighted by Crippen LogP contribution is -2.38. The molecule has 2 heteroatoms. The zero-order valence-corrected chi connectivity index (χ0v) is 10.3. The minimum Gasteiger partial charge on any atom is -0.326 e. The number of thioether (sulfide) groups is 1. The lowest BCUT2D eigenvalue weighted by atomic mass is 9.94. The van der Waals surface area contributed by atoms with Crippen LogP contribution in [0, 0.1) is 5.92 Å². The van der Waals surface area contributed by atoms with Crippen LogP contribution in [0.15, 0.2) is 29.2 Å².